The molecular formula is C35H41NO3. The average Bonchev–Trinajstić information content (AvgIpc) is 3.58. The van der Waals surface area contributed by atoms with Crippen LogP contribution in [0.1, 0.15) is 76.2 Å². The Balaban J connectivity index is 1.04. The number of hydroxylamine groups is 3. The Morgan fingerprint density at radius 1 is 0.974 bits per heavy atom. The van der Waals surface area contributed by atoms with Crippen LogP contribution in [0.2, 0.25) is 0 Å². The van der Waals surface area contributed by atoms with E-state index in [0.29, 0.717) is 11.8 Å². The molecule has 4 aliphatic heterocycles. The number of nitrogens with zero attached hydrogens (tertiary/aromatic N) is 1. The highest BCUT2D eigenvalue weighted by Gasteiger charge is 2.67. The molecular weight excluding hydrogens is 482 g/mol. The average molecular weight is 524 g/mol. The van der Waals surface area contributed by atoms with Gasteiger partial charge in [-0.15, -0.1) is 0 Å². The van der Waals surface area contributed by atoms with E-state index in [2.05, 4.69) is 61.5 Å². The van der Waals surface area contributed by atoms with E-state index in [-0.39, 0.29) is 32.7 Å². The van der Waals surface area contributed by atoms with Crippen molar-refractivity contribution in [3.05, 3.63) is 76.5 Å². The first kappa shape index (κ1) is 23.7. The quantitative estimate of drug-likeness (QED) is 0.309. The smallest absolute Gasteiger partial charge is 0.0975 e. The van der Waals surface area contributed by atoms with Crippen molar-refractivity contribution in [3.63, 3.8) is 0 Å². The summed E-state index contributed by atoms with van der Waals surface area (Å²) in [7, 11) is 0. The fraction of sp³-hybridized carbons (Fsp3) is 0.600. The monoisotopic (exact) mass is 523 g/mol. The van der Waals surface area contributed by atoms with Gasteiger partial charge in [-0.3, -0.25) is 0 Å². The van der Waals surface area contributed by atoms with Crippen LogP contribution in [0.4, 0.5) is 0 Å². The van der Waals surface area contributed by atoms with Gasteiger partial charge in [-0.1, -0.05) is 61.5 Å². The zero-order valence-electron chi connectivity index (χ0n) is 23.3. The highest BCUT2D eigenvalue weighted by Crippen LogP contribution is 2.69. The Kier molecular flexibility index (Phi) is 4.64. The molecule has 204 valence electrons. The van der Waals surface area contributed by atoms with Gasteiger partial charge in [-0.25, -0.2) is 0 Å². The summed E-state index contributed by atoms with van der Waals surface area (Å²) in [6.45, 7) is 5.69. The summed E-state index contributed by atoms with van der Waals surface area (Å²) in [5.74, 6) is 1.10. The van der Waals surface area contributed by atoms with Crippen molar-refractivity contribution in [1.82, 2.24) is 0 Å². The number of allylic oxidation sites excluding steroid dienone is 1. The van der Waals surface area contributed by atoms with Crippen LogP contribution < -0.4 is 0 Å². The maximum Gasteiger partial charge on any atom is 0.0975 e. The highest BCUT2D eigenvalue weighted by molar-refractivity contribution is 5.83. The lowest BCUT2D eigenvalue weighted by Crippen LogP contribution is -2.59. The minimum Gasteiger partial charge on any atom is -0.633 e. The molecule has 2 aromatic carbocycles. The first-order chi connectivity index (χ1) is 18.9. The first-order valence-corrected chi connectivity index (χ1v) is 15.6. The molecule has 2 saturated carbocycles. The summed E-state index contributed by atoms with van der Waals surface area (Å²) in [6, 6.07) is 16.1. The SMILES string of the molecule is C[C@]12CC=C3C=C4CC[C@H]([N+]5([O-])CCC6(COC6)C5)C[C@]45CCC3(O5)[C@@H]1CC[C@@H]2c1ccc2ccccc2c1. The maximum atomic E-state index is 14.2. The normalized spacial score (nSPS) is 45.3. The second-order valence-corrected chi connectivity index (χ2v) is 14.8. The molecule has 4 heteroatoms. The lowest BCUT2D eigenvalue weighted by Gasteiger charge is -2.57. The van der Waals surface area contributed by atoms with Crippen molar-refractivity contribution < 1.29 is 14.1 Å². The second-order valence-electron chi connectivity index (χ2n) is 14.8. The van der Waals surface area contributed by atoms with Crippen molar-refractivity contribution >= 4 is 10.8 Å². The summed E-state index contributed by atoms with van der Waals surface area (Å²) >= 11 is 0. The van der Waals surface area contributed by atoms with Crippen molar-refractivity contribution in [2.75, 3.05) is 26.3 Å². The van der Waals surface area contributed by atoms with Crippen LogP contribution >= 0.6 is 0 Å². The molecule has 0 N–H and O–H groups in total. The van der Waals surface area contributed by atoms with Crippen LogP contribution in [0.15, 0.2) is 65.8 Å². The van der Waals surface area contributed by atoms with Gasteiger partial charge in [0.2, 0.25) is 0 Å². The maximum absolute atomic E-state index is 14.2. The summed E-state index contributed by atoms with van der Waals surface area (Å²) in [5.41, 5.74) is 4.48. The molecule has 2 aromatic rings. The summed E-state index contributed by atoms with van der Waals surface area (Å²) in [5, 5.41) is 16.9. The molecule has 4 nitrogen and oxygen atoms in total. The Hall–Kier alpha value is -1.98. The first-order valence-electron chi connectivity index (χ1n) is 15.6. The van der Waals surface area contributed by atoms with Gasteiger partial charge in [-0.2, -0.15) is 0 Å². The molecule has 39 heavy (non-hydrogen) atoms. The number of fused-ring (bicyclic) bond motifs is 2. The second kappa shape index (κ2) is 7.64. The van der Waals surface area contributed by atoms with Crippen LogP contribution in [0, 0.1) is 22.0 Å². The van der Waals surface area contributed by atoms with Crippen LogP contribution in [0.25, 0.3) is 10.8 Å². The van der Waals surface area contributed by atoms with Crippen LogP contribution in [-0.2, 0) is 9.47 Å². The van der Waals surface area contributed by atoms with E-state index in [1.165, 1.54) is 40.3 Å². The highest BCUT2D eigenvalue weighted by atomic mass is 16.6. The minimum absolute atomic E-state index is 0.00261. The molecule has 5 fully saturated rings. The number of hydrogen-bond acceptors (Lipinski definition) is 3. The van der Waals surface area contributed by atoms with E-state index < -0.39 is 0 Å². The number of ether oxygens (including phenoxy) is 2. The number of hydrogen-bond donors (Lipinski definition) is 0. The zero-order valence-corrected chi connectivity index (χ0v) is 23.3. The van der Waals surface area contributed by atoms with Gasteiger partial charge in [0.25, 0.3) is 0 Å². The van der Waals surface area contributed by atoms with E-state index >= 15 is 0 Å². The Bertz CT molecular complexity index is 1440. The molecule has 2 bridgehead atoms. The molecule has 0 aromatic heterocycles. The Morgan fingerprint density at radius 2 is 1.85 bits per heavy atom. The minimum atomic E-state index is -0.207. The fourth-order valence-corrected chi connectivity index (χ4v) is 10.8. The molecule has 4 heterocycles. The van der Waals surface area contributed by atoms with Gasteiger partial charge in [0.15, 0.2) is 0 Å². The fourth-order valence-electron chi connectivity index (χ4n) is 10.8. The van der Waals surface area contributed by atoms with E-state index in [9.17, 15) is 5.21 Å². The van der Waals surface area contributed by atoms with Gasteiger partial charge in [-0.05, 0) is 83.3 Å². The molecule has 9 rings (SSSR count). The van der Waals surface area contributed by atoms with Crippen LogP contribution in [0.5, 0.6) is 0 Å². The summed E-state index contributed by atoms with van der Waals surface area (Å²) in [6.07, 6.45) is 15.0. The number of rotatable bonds is 2. The molecule has 0 amide bonds. The third kappa shape index (κ3) is 3.04. The number of quaternary nitrogens is 1. The van der Waals surface area contributed by atoms with Gasteiger partial charge in [0, 0.05) is 19.3 Å². The van der Waals surface area contributed by atoms with Gasteiger partial charge in [0.05, 0.1) is 49.0 Å². The van der Waals surface area contributed by atoms with Gasteiger partial charge in [0.1, 0.15) is 0 Å². The third-order valence-corrected chi connectivity index (χ3v) is 12.9. The van der Waals surface area contributed by atoms with Gasteiger partial charge >= 0.3 is 0 Å². The van der Waals surface area contributed by atoms with Crippen molar-refractivity contribution in [3.8, 4) is 0 Å². The molecule has 0 radical (unpaired) electrons. The zero-order chi connectivity index (χ0) is 26.1. The largest absolute Gasteiger partial charge is 0.633 e. The van der Waals surface area contributed by atoms with E-state index in [0.717, 1.165) is 71.2 Å². The molecule has 3 saturated heterocycles. The lowest BCUT2D eigenvalue weighted by molar-refractivity contribution is -0.899. The molecule has 3 aliphatic carbocycles. The Morgan fingerprint density at radius 3 is 2.67 bits per heavy atom. The van der Waals surface area contributed by atoms with E-state index in [1.54, 1.807) is 0 Å². The lowest BCUT2D eigenvalue weighted by atomic mass is 9.58. The number of benzene rings is 2. The van der Waals surface area contributed by atoms with E-state index in [4.69, 9.17) is 9.47 Å². The topological polar surface area (TPSA) is 41.5 Å². The van der Waals surface area contributed by atoms with Gasteiger partial charge < -0.3 is 19.3 Å². The molecule has 7 aliphatic rings. The van der Waals surface area contributed by atoms with Crippen molar-refractivity contribution in [1.29, 1.82) is 0 Å². The Labute approximate surface area is 232 Å². The predicted molar refractivity (Wildman–Crippen MR) is 153 cm³/mol. The predicted octanol–water partition coefficient (Wildman–Crippen LogP) is 7.19. The molecule has 2 unspecified atom stereocenters. The molecule has 7 atom stereocenters. The van der Waals surface area contributed by atoms with Crippen LogP contribution in [0.3, 0.4) is 0 Å². The summed E-state index contributed by atoms with van der Waals surface area (Å²) in [4.78, 5) is 0. The van der Waals surface area contributed by atoms with Crippen molar-refractivity contribution in [2.45, 2.75) is 87.9 Å². The summed E-state index contributed by atoms with van der Waals surface area (Å²) < 4.78 is 13.1. The van der Waals surface area contributed by atoms with Crippen LogP contribution in [-0.4, -0.2) is 48.2 Å². The van der Waals surface area contributed by atoms with E-state index in [1.807, 2.05) is 0 Å². The molecule has 3 spiro atoms. The standard InChI is InChI=1S/C35H41NO3/c1-32-13-12-28-19-27-8-9-29(36(37)17-16-33(21-36)22-38-23-33)20-34(27)14-15-35(28,39-34)31(32)11-10-30(32)26-7-6-24-4-2-3-5-25(24)18-26/h2-7,12,18-19,29-31H,8-11,13-17,20-23H2,1H3/t29-,30+,31+,32+,34+,35?,36?/m0/s1. The third-order valence-electron chi connectivity index (χ3n) is 12.9. The van der Waals surface area contributed by atoms with Crippen molar-refractivity contribution in [2.24, 2.45) is 16.7 Å². The number of likely N-dealkylation sites (tertiary alicyclic amines) is 1.